The second-order valence-electron chi connectivity index (χ2n) is 7.21. The fraction of sp³-hybridized carbons (Fsp3) is 0.273. The zero-order chi connectivity index (χ0) is 21.4. The third kappa shape index (κ3) is 3.25. The highest BCUT2D eigenvalue weighted by molar-refractivity contribution is 5.53. The van der Waals surface area contributed by atoms with Crippen LogP contribution < -0.4 is 26.0 Å². The molecule has 0 spiro atoms. The number of methoxy groups -OCH3 is 2. The second kappa shape index (κ2) is 7.72. The van der Waals surface area contributed by atoms with Gasteiger partial charge in [0.2, 0.25) is 5.88 Å². The quantitative estimate of drug-likeness (QED) is 0.607. The first kappa shape index (κ1) is 19.8. The average molecular weight is 409 g/mol. The van der Waals surface area contributed by atoms with Crippen LogP contribution in [-0.2, 0) is 6.42 Å². The van der Waals surface area contributed by atoms with E-state index in [1.54, 1.807) is 25.3 Å². The number of rotatable bonds is 4. The van der Waals surface area contributed by atoms with E-state index in [4.69, 9.17) is 9.47 Å². The molecule has 0 saturated carbocycles. The molecule has 30 heavy (non-hydrogen) atoms. The summed E-state index contributed by atoms with van der Waals surface area (Å²) in [6.45, 7) is 2.52. The molecule has 0 fully saturated rings. The summed E-state index contributed by atoms with van der Waals surface area (Å²) < 4.78 is 11.9. The predicted octanol–water partition coefficient (Wildman–Crippen LogP) is 1.79. The molecule has 1 aliphatic rings. The lowest BCUT2D eigenvalue weighted by atomic mass is 9.90. The number of ether oxygens (including phenoxy) is 2. The van der Waals surface area contributed by atoms with Gasteiger partial charge in [-0.05, 0) is 48.7 Å². The van der Waals surface area contributed by atoms with Crippen molar-refractivity contribution >= 4 is 0 Å². The van der Waals surface area contributed by atoms with Crippen LogP contribution in [0.4, 0.5) is 0 Å². The van der Waals surface area contributed by atoms with E-state index >= 15 is 0 Å². The minimum Gasteiger partial charge on any atom is -0.494 e. The fourth-order valence-corrected chi connectivity index (χ4v) is 3.87. The Hall–Kier alpha value is -3.52. The highest BCUT2D eigenvalue weighted by Crippen LogP contribution is 2.38. The lowest BCUT2D eigenvalue weighted by Crippen LogP contribution is -2.38. The number of H-pyrrole nitrogens is 1. The Bertz CT molecular complexity index is 1210. The standard InChI is InChI=1S/C22H23N3O5/c1-12-4-6-14(7-5-12)25-21(27)18(20(26)24-22(25)28)19-15-11-17(30-3)16(29-2)10-13(15)8-9-23-19/h4-7,10-11,19,23,27H,8-9H2,1-3H3,(H,24,26,28). The van der Waals surface area contributed by atoms with E-state index in [0.717, 1.165) is 27.7 Å². The van der Waals surface area contributed by atoms with Gasteiger partial charge in [0, 0.05) is 6.54 Å². The summed E-state index contributed by atoms with van der Waals surface area (Å²) in [4.78, 5) is 27.6. The van der Waals surface area contributed by atoms with Crippen LogP contribution in [0.5, 0.6) is 17.4 Å². The second-order valence-corrected chi connectivity index (χ2v) is 7.21. The van der Waals surface area contributed by atoms with Crippen molar-refractivity contribution in [2.45, 2.75) is 19.4 Å². The molecule has 1 unspecified atom stereocenters. The molecule has 0 bridgehead atoms. The summed E-state index contributed by atoms with van der Waals surface area (Å²) in [5.74, 6) is 0.722. The Morgan fingerprint density at radius 1 is 1.07 bits per heavy atom. The number of aromatic amines is 1. The maximum absolute atomic E-state index is 12.8. The van der Waals surface area contributed by atoms with E-state index in [1.165, 1.54) is 7.11 Å². The monoisotopic (exact) mass is 409 g/mol. The Kier molecular flexibility index (Phi) is 5.09. The highest BCUT2D eigenvalue weighted by Gasteiger charge is 2.30. The number of aromatic nitrogens is 2. The fourth-order valence-electron chi connectivity index (χ4n) is 3.87. The van der Waals surface area contributed by atoms with Crippen molar-refractivity contribution < 1.29 is 14.6 Å². The third-order valence-electron chi connectivity index (χ3n) is 5.40. The summed E-state index contributed by atoms with van der Waals surface area (Å²) >= 11 is 0. The van der Waals surface area contributed by atoms with Gasteiger partial charge in [0.1, 0.15) is 0 Å². The molecule has 2 heterocycles. The molecule has 0 aliphatic carbocycles. The molecule has 2 aromatic carbocycles. The molecular formula is C22H23N3O5. The van der Waals surface area contributed by atoms with E-state index in [9.17, 15) is 14.7 Å². The van der Waals surface area contributed by atoms with Crippen LogP contribution in [0.2, 0.25) is 0 Å². The van der Waals surface area contributed by atoms with Crippen LogP contribution in [0.25, 0.3) is 5.69 Å². The summed E-state index contributed by atoms with van der Waals surface area (Å²) in [6, 6.07) is 10.2. The van der Waals surface area contributed by atoms with E-state index in [0.29, 0.717) is 23.7 Å². The van der Waals surface area contributed by atoms with Gasteiger partial charge < -0.3 is 19.9 Å². The topological polar surface area (TPSA) is 106 Å². The Balaban J connectivity index is 1.93. The lowest BCUT2D eigenvalue weighted by molar-refractivity contribution is 0.352. The minimum absolute atomic E-state index is 0.0725. The van der Waals surface area contributed by atoms with Gasteiger partial charge in [-0.1, -0.05) is 17.7 Å². The number of nitrogens with one attached hydrogen (secondary N) is 2. The number of aryl methyl sites for hydroxylation is 1. The zero-order valence-corrected chi connectivity index (χ0v) is 17.0. The van der Waals surface area contributed by atoms with Crippen LogP contribution in [0.1, 0.15) is 28.3 Å². The molecule has 0 radical (unpaired) electrons. The van der Waals surface area contributed by atoms with Crippen LogP contribution in [0, 0.1) is 6.92 Å². The molecule has 0 amide bonds. The first-order valence-corrected chi connectivity index (χ1v) is 9.58. The molecule has 1 aromatic heterocycles. The van der Waals surface area contributed by atoms with E-state index in [-0.39, 0.29) is 5.56 Å². The van der Waals surface area contributed by atoms with Crippen molar-refractivity contribution in [3.8, 4) is 23.1 Å². The summed E-state index contributed by atoms with van der Waals surface area (Å²) in [6.07, 6.45) is 0.725. The number of hydrogen-bond donors (Lipinski definition) is 3. The van der Waals surface area contributed by atoms with Gasteiger partial charge in [-0.2, -0.15) is 0 Å². The van der Waals surface area contributed by atoms with Crippen molar-refractivity contribution in [1.82, 2.24) is 14.9 Å². The van der Waals surface area contributed by atoms with Crippen molar-refractivity contribution in [3.05, 3.63) is 79.5 Å². The molecule has 1 atom stereocenters. The summed E-state index contributed by atoms with van der Waals surface area (Å²) in [7, 11) is 3.11. The van der Waals surface area contributed by atoms with Crippen LogP contribution in [0.3, 0.4) is 0 Å². The Morgan fingerprint density at radius 2 is 1.73 bits per heavy atom. The molecule has 1 aliphatic heterocycles. The van der Waals surface area contributed by atoms with Gasteiger partial charge in [0.25, 0.3) is 5.56 Å². The summed E-state index contributed by atoms with van der Waals surface area (Å²) in [5.41, 5.74) is 1.97. The molecule has 8 nitrogen and oxygen atoms in total. The minimum atomic E-state index is -0.701. The predicted molar refractivity (Wildman–Crippen MR) is 112 cm³/mol. The SMILES string of the molecule is COc1cc2c(cc1OC)C(c1c(O)n(-c3ccc(C)cc3)c(=O)[nH]c1=O)NCC2. The third-order valence-corrected chi connectivity index (χ3v) is 5.40. The van der Waals surface area contributed by atoms with E-state index in [1.807, 2.05) is 25.1 Å². The van der Waals surface area contributed by atoms with Gasteiger partial charge in [-0.15, -0.1) is 0 Å². The first-order valence-electron chi connectivity index (χ1n) is 9.58. The zero-order valence-electron chi connectivity index (χ0n) is 17.0. The number of fused-ring (bicyclic) bond motifs is 1. The lowest BCUT2D eigenvalue weighted by Gasteiger charge is -2.28. The Labute approximate surface area is 172 Å². The number of hydrogen-bond acceptors (Lipinski definition) is 6. The molecule has 3 N–H and O–H groups in total. The van der Waals surface area contributed by atoms with Crippen molar-refractivity contribution in [1.29, 1.82) is 0 Å². The number of nitrogens with zero attached hydrogens (tertiary/aromatic N) is 1. The molecule has 0 saturated heterocycles. The highest BCUT2D eigenvalue weighted by atomic mass is 16.5. The van der Waals surface area contributed by atoms with E-state index in [2.05, 4.69) is 10.3 Å². The molecule has 3 aromatic rings. The van der Waals surface area contributed by atoms with Crippen molar-refractivity contribution in [2.24, 2.45) is 0 Å². The Morgan fingerprint density at radius 3 is 2.40 bits per heavy atom. The van der Waals surface area contributed by atoms with Gasteiger partial charge in [0.05, 0.1) is 31.5 Å². The van der Waals surface area contributed by atoms with Crippen molar-refractivity contribution in [3.63, 3.8) is 0 Å². The van der Waals surface area contributed by atoms with Gasteiger partial charge >= 0.3 is 5.69 Å². The van der Waals surface area contributed by atoms with Gasteiger partial charge in [0.15, 0.2) is 11.5 Å². The van der Waals surface area contributed by atoms with Crippen molar-refractivity contribution in [2.75, 3.05) is 20.8 Å². The first-order chi connectivity index (χ1) is 14.4. The van der Waals surface area contributed by atoms with Gasteiger partial charge in [-0.3, -0.25) is 9.78 Å². The average Bonchev–Trinajstić information content (AvgIpc) is 2.73. The normalized spacial score (nSPS) is 15.5. The van der Waals surface area contributed by atoms with Crippen LogP contribution in [-0.4, -0.2) is 35.4 Å². The van der Waals surface area contributed by atoms with Crippen LogP contribution in [0.15, 0.2) is 46.0 Å². The maximum Gasteiger partial charge on any atom is 0.335 e. The summed E-state index contributed by atoms with van der Waals surface area (Å²) in [5, 5.41) is 14.3. The maximum atomic E-state index is 12.8. The number of benzene rings is 2. The smallest absolute Gasteiger partial charge is 0.335 e. The molecule has 8 heteroatoms. The largest absolute Gasteiger partial charge is 0.494 e. The molecule has 156 valence electrons. The van der Waals surface area contributed by atoms with E-state index < -0.39 is 23.2 Å². The molecular weight excluding hydrogens is 386 g/mol. The molecule has 4 rings (SSSR count). The van der Waals surface area contributed by atoms with Gasteiger partial charge in [-0.25, -0.2) is 9.36 Å². The number of aromatic hydroxyl groups is 1. The van der Waals surface area contributed by atoms with Crippen LogP contribution >= 0.6 is 0 Å².